The molecule has 2 aromatic carbocycles. The first-order chi connectivity index (χ1) is 9.81. The number of hydrogen-bond acceptors (Lipinski definition) is 2. The van der Waals surface area contributed by atoms with Crippen LogP contribution in [0.4, 0.5) is 28.9 Å². The molecule has 1 N–H and O–H groups in total. The zero-order valence-electron chi connectivity index (χ0n) is 10.3. The number of hydrogen-bond donors (Lipinski definition) is 1. The molecule has 0 unspecified atom stereocenters. The molecule has 2 aromatic rings. The fourth-order valence-corrected chi connectivity index (χ4v) is 1.87. The van der Waals surface area contributed by atoms with E-state index in [1.807, 2.05) is 0 Å². The summed E-state index contributed by atoms with van der Waals surface area (Å²) in [5.74, 6) is -0.543. The van der Waals surface area contributed by atoms with E-state index in [2.05, 4.69) is 5.32 Å². The molecule has 0 heterocycles. The molecule has 0 fully saturated rings. The summed E-state index contributed by atoms with van der Waals surface area (Å²) in [6, 6.07) is 7.92. The molecular weight excluding hydrogens is 308 g/mol. The lowest BCUT2D eigenvalue weighted by atomic mass is 10.1. The van der Waals surface area contributed by atoms with Gasteiger partial charge in [0.2, 0.25) is 0 Å². The van der Waals surface area contributed by atoms with Gasteiger partial charge in [-0.1, -0.05) is 11.6 Å². The highest BCUT2D eigenvalue weighted by Crippen LogP contribution is 2.33. The van der Waals surface area contributed by atoms with Gasteiger partial charge in [-0.05, 0) is 36.4 Å². The van der Waals surface area contributed by atoms with Crippen molar-refractivity contribution in [2.75, 3.05) is 5.32 Å². The fraction of sp³-hybridized carbons (Fsp3) is 0.0714. The van der Waals surface area contributed by atoms with Gasteiger partial charge in [0.15, 0.2) is 0 Å². The summed E-state index contributed by atoms with van der Waals surface area (Å²) in [5, 5.41) is 11.7. The van der Waals surface area contributed by atoms with Crippen LogP contribution in [0.3, 0.4) is 0 Å². The molecule has 0 aliphatic rings. The molecule has 0 aromatic heterocycles. The van der Waals surface area contributed by atoms with Crippen molar-refractivity contribution < 1.29 is 17.6 Å². The standard InChI is InChI=1S/C14H7ClF4N2/c15-11-6-10(16)2-4-13(11)21-12-3-1-9(14(17,18)19)5-8(12)7-20/h1-6,21H. The Morgan fingerprint density at radius 1 is 1.05 bits per heavy atom. The zero-order valence-corrected chi connectivity index (χ0v) is 11.1. The van der Waals surface area contributed by atoms with E-state index in [4.69, 9.17) is 16.9 Å². The first-order valence-corrected chi connectivity index (χ1v) is 6.02. The SMILES string of the molecule is N#Cc1cc(C(F)(F)F)ccc1Nc1ccc(F)cc1Cl. The van der Waals surface area contributed by atoms with E-state index < -0.39 is 17.6 Å². The Morgan fingerprint density at radius 3 is 2.29 bits per heavy atom. The third kappa shape index (κ3) is 3.44. The molecule has 2 nitrogen and oxygen atoms in total. The fourth-order valence-electron chi connectivity index (χ4n) is 1.66. The summed E-state index contributed by atoms with van der Waals surface area (Å²) < 4.78 is 50.7. The summed E-state index contributed by atoms with van der Waals surface area (Å²) in [6.07, 6.45) is -4.53. The Kier molecular flexibility index (Phi) is 4.05. The highest BCUT2D eigenvalue weighted by Gasteiger charge is 2.31. The topological polar surface area (TPSA) is 35.8 Å². The summed E-state index contributed by atoms with van der Waals surface area (Å²) >= 11 is 5.81. The van der Waals surface area contributed by atoms with Gasteiger partial charge in [-0.15, -0.1) is 0 Å². The molecule has 7 heteroatoms. The van der Waals surface area contributed by atoms with Crippen LogP contribution >= 0.6 is 11.6 Å². The third-order valence-electron chi connectivity index (χ3n) is 2.67. The van der Waals surface area contributed by atoms with Crippen molar-refractivity contribution in [2.45, 2.75) is 6.18 Å². The summed E-state index contributed by atoms with van der Waals surface area (Å²) in [6.45, 7) is 0. The van der Waals surface area contributed by atoms with Gasteiger partial charge in [0.05, 0.1) is 27.5 Å². The third-order valence-corrected chi connectivity index (χ3v) is 2.98. The molecule has 0 radical (unpaired) electrons. The van der Waals surface area contributed by atoms with Crippen molar-refractivity contribution in [3.05, 3.63) is 58.4 Å². The second-order valence-electron chi connectivity index (χ2n) is 4.12. The molecular formula is C14H7ClF4N2. The van der Waals surface area contributed by atoms with E-state index in [9.17, 15) is 17.6 Å². The van der Waals surface area contributed by atoms with E-state index in [-0.39, 0.29) is 22.0 Å². The molecule has 0 amide bonds. The highest BCUT2D eigenvalue weighted by atomic mass is 35.5. The average molecular weight is 315 g/mol. The minimum atomic E-state index is -4.53. The van der Waals surface area contributed by atoms with Crippen molar-refractivity contribution in [3.63, 3.8) is 0 Å². The van der Waals surface area contributed by atoms with Crippen molar-refractivity contribution in [1.82, 2.24) is 0 Å². The maximum atomic E-state index is 12.9. The van der Waals surface area contributed by atoms with E-state index >= 15 is 0 Å². The van der Waals surface area contributed by atoms with Gasteiger partial charge in [-0.25, -0.2) is 4.39 Å². The normalized spacial score (nSPS) is 11.0. The van der Waals surface area contributed by atoms with Crippen LogP contribution in [-0.4, -0.2) is 0 Å². The molecule has 21 heavy (non-hydrogen) atoms. The summed E-state index contributed by atoms with van der Waals surface area (Å²) in [7, 11) is 0. The molecule has 0 aliphatic heterocycles. The Balaban J connectivity index is 2.39. The van der Waals surface area contributed by atoms with Crippen molar-refractivity contribution in [3.8, 4) is 6.07 Å². The van der Waals surface area contributed by atoms with Crippen LogP contribution in [0, 0.1) is 17.1 Å². The van der Waals surface area contributed by atoms with Crippen molar-refractivity contribution in [1.29, 1.82) is 5.26 Å². The first kappa shape index (κ1) is 15.1. The molecule has 108 valence electrons. The average Bonchev–Trinajstić information content (AvgIpc) is 2.41. The highest BCUT2D eigenvalue weighted by molar-refractivity contribution is 6.33. The van der Waals surface area contributed by atoms with Crippen molar-refractivity contribution in [2.24, 2.45) is 0 Å². The monoisotopic (exact) mass is 314 g/mol. The predicted molar refractivity (Wildman–Crippen MR) is 70.9 cm³/mol. The Labute approximate surface area is 122 Å². The van der Waals surface area contributed by atoms with E-state index in [0.717, 1.165) is 30.3 Å². The van der Waals surface area contributed by atoms with Gasteiger partial charge in [-0.2, -0.15) is 18.4 Å². The number of nitrogens with one attached hydrogen (secondary N) is 1. The Morgan fingerprint density at radius 2 is 1.71 bits per heavy atom. The number of nitrogens with zero attached hydrogens (tertiary/aromatic N) is 1. The van der Waals surface area contributed by atoms with Crippen LogP contribution in [0.1, 0.15) is 11.1 Å². The molecule has 0 spiro atoms. The lowest BCUT2D eigenvalue weighted by Gasteiger charge is -2.12. The molecule has 2 rings (SSSR count). The van der Waals surface area contributed by atoms with Crippen LogP contribution in [0.2, 0.25) is 5.02 Å². The van der Waals surface area contributed by atoms with Crippen molar-refractivity contribution >= 4 is 23.0 Å². The Bertz CT molecular complexity index is 720. The first-order valence-electron chi connectivity index (χ1n) is 5.64. The molecule has 0 aliphatic carbocycles. The Hall–Kier alpha value is -2.26. The van der Waals surface area contributed by atoms with Crippen LogP contribution in [-0.2, 0) is 6.18 Å². The zero-order chi connectivity index (χ0) is 15.6. The van der Waals surface area contributed by atoms with Gasteiger partial charge in [0, 0.05) is 0 Å². The largest absolute Gasteiger partial charge is 0.416 e. The summed E-state index contributed by atoms with van der Waals surface area (Å²) in [4.78, 5) is 0. The number of benzene rings is 2. The molecule has 0 bridgehead atoms. The lowest BCUT2D eigenvalue weighted by Crippen LogP contribution is -2.06. The predicted octanol–water partition coefficient (Wildman–Crippen LogP) is 5.11. The van der Waals surface area contributed by atoms with E-state index in [1.165, 1.54) is 6.07 Å². The lowest BCUT2D eigenvalue weighted by molar-refractivity contribution is -0.137. The van der Waals surface area contributed by atoms with Gasteiger partial charge >= 0.3 is 6.18 Å². The molecule has 0 atom stereocenters. The molecule has 0 saturated heterocycles. The van der Waals surface area contributed by atoms with Gasteiger partial charge in [0.1, 0.15) is 11.9 Å². The number of halogens is 5. The van der Waals surface area contributed by atoms with Gasteiger partial charge < -0.3 is 5.32 Å². The minimum Gasteiger partial charge on any atom is -0.353 e. The van der Waals surface area contributed by atoms with Gasteiger partial charge in [-0.3, -0.25) is 0 Å². The quantitative estimate of drug-likeness (QED) is 0.782. The number of alkyl halides is 3. The number of rotatable bonds is 2. The second kappa shape index (κ2) is 5.62. The summed E-state index contributed by atoms with van der Waals surface area (Å²) in [5.41, 5.74) is -0.673. The number of anilines is 2. The number of nitriles is 1. The smallest absolute Gasteiger partial charge is 0.353 e. The van der Waals surface area contributed by atoms with Crippen LogP contribution < -0.4 is 5.32 Å². The minimum absolute atomic E-state index is 0.0544. The van der Waals surface area contributed by atoms with Gasteiger partial charge in [0.25, 0.3) is 0 Å². The van der Waals surface area contributed by atoms with E-state index in [1.54, 1.807) is 6.07 Å². The van der Waals surface area contributed by atoms with Crippen LogP contribution in [0.5, 0.6) is 0 Å². The van der Waals surface area contributed by atoms with Crippen LogP contribution in [0.25, 0.3) is 0 Å². The van der Waals surface area contributed by atoms with E-state index in [0.29, 0.717) is 0 Å². The maximum Gasteiger partial charge on any atom is 0.416 e. The molecule has 0 saturated carbocycles. The maximum absolute atomic E-state index is 12.9. The van der Waals surface area contributed by atoms with Crippen LogP contribution in [0.15, 0.2) is 36.4 Å². The second-order valence-corrected chi connectivity index (χ2v) is 4.53.